The van der Waals surface area contributed by atoms with Gasteiger partial charge in [0.15, 0.2) is 0 Å². The number of carboxylic acids is 1. The van der Waals surface area contributed by atoms with Gasteiger partial charge in [0, 0.05) is 36.8 Å². The number of carboxylic acid groups (broad SMARTS) is 1. The molecule has 0 spiro atoms. The number of benzene rings is 3. The van der Waals surface area contributed by atoms with Crippen molar-refractivity contribution >= 4 is 23.5 Å². The molecular weight excluding hydrogens is 534 g/mol. The summed E-state index contributed by atoms with van der Waals surface area (Å²) in [6.07, 6.45) is 0.0257. The highest BCUT2D eigenvalue weighted by Gasteiger charge is 2.31. The van der Waals surface area contributed by atoms with E-state index in [1.807, 2.05) is 51.2 Å². The predicted molar refractivity (Wildman–Crippen MR) is 160 cm³/mol. The van der Waals surface area contributed by atoms with Gasteiger partial charge in [-0.05, 0) is 55.4 Å². The highest BCUT2D eigenvalue weighted by molar-refractivity contribution is 5.92. The van der Waals surface area contributed by atoms with Gasteiger partial charge in [0.2, 0.25) is 11.8 Å². The van der Waals surface area contributed by atoms with Gasteiger partial charge in [-0.25, -0.2) is 4.79 Å². The van der Waals surface area contributed by atoms with Crippen LogP contribution in [0.25, 0.3) is 0 Å². The lowest BCUT2D eigenvalue weighted by atomic mass is 10.0. The lowest BCUT2D eigenvalue weighted by Gasteiger charge is -2.34. The summed E-state index contributed by atoms with van der Waals surface area (Å²) in [6.45, 7) is 5.26. The Kier molecular flexibility index (Phi) is 10.3. The molecule has 3 N–H and O–H groups in total. The lowest BCUT2D eigenvalue weighted by molar-refractivity contribution is -0.134. The minimum atomic E-state index is -0.962. The molecule has 4 rings (SSSR count). The number of fused-ring (bicyclic) bond motifs is 1. The van der Waals surface area contributed by atoms with Gasteiger partial charge in [-0.1, -0.05) is 49.4 Å². The van der Waals surface area contributed by atoms with Crippen molar-refractivity contribution in [1.29, 1.82) is 0 Å². The van der Waals surface area contributed by atoms with Crippen LogP contribution in [-0.2, 0) is 29.0 Å². The number of amides is 2. The minimum Gasteiger partial charge on any atom is -0.488 e. The number of hydrogen-bond acceptors (Lipinski definition) is 6. The fourth-order valence-corrected chi connectivity index (χ4v) is 5.15. The van der Waals surface area contributed by atoms with Crippen LogP contribution < -0.4 is 10.1 Å². The number of hydrogen-bond donors (Lipinski definition) is 3. The Labute approximate surface area is 246 Å². The number of nitrogens with one attached hydrogen (secondary N) is 1. The average molecular weight is 574 g/mol. The number of ether oxygens (including phenoxy) is 1. The van der Waals surface area contributed by atoms with Crippen molar-refractivity contribution in [3.8, 4) is 5.75 Å². The van der Waals surface area contributed by atoms with Crippen molar-refractivity contribution in [2.24, 2.45) is 5.92 Å². The quantitative estimate of drug-likeness (QED) is 0.337. The van der Waals surface area contributed by atoms with E-state index in [0.717, 1.165) is 11.1 Å². The van der Waals surface area contributed by atoms with E-state index in [9.17, 15) is 24.6 Å². The van der Waals surface area contributed by atoms with Gasteiger partial charge in [0.1, 0.15) is 11.9 Å². The molecule has 222 valence electrons. The Hall–Kier alpha value is -4.21. The summed E-state index contributed by atoms with van der Waals surface area (Å²) >= 11 is 0. The van der Waals surface area contributed by atoms with Crippen molar-refractivity contribution in [2.75, 3.05) is 32.1 Å². The summed E-state index contributed by atoms with van der Waals surface area (Å²) in [5, 5.41) is 22.0. The minimum absolute atomic E-state index is 0.0593. The molecule has 2 amide bonds. The third-order valence-electron chi connectivity index (χ3n) is 7.55. The number of rotatable bonds is 10. The zero-order chi connectivity index (χ0) is 30.2. The molecule has 0 radical (unpaired) electrons. The van der Waals surface area contributed by atoms with E-state index in [1.165, 1.54) is 0 Å². The van der Waals surface area contributed by atoms with Gasteiger partial charge < -0.3 is 25.2 Å². The lowest BCUT2D eigenvalue weighted by Crippen LogP contribution is -2.47. The number of likely N-dealkylation sites (N-methyl/N-ethyl adjacent to an activating group) is 1. The third-order valence-corrected chi connectivity index (χ3v) is 7.55. The predicted octanol–water partition coefficient (Wildman–Crippen LogP) is 3.85. The van der Waals surface area contributed by atoms with Crippen molar-refractivity contribution < 1.29 is 29.3 Å². The van der Waals surface area contributed by atoms with Gasteiger partial charge in [-0.15, -0.1) is 0 Å². The summed E-state index contributed by atoms with van der Waals surface area (Å²) in [5.41, 5.74) is 3.37. The number of aliphatic hydroxyl groups excluding tert-OH is 1. The maximum atomic E-state index is 13.5. The zero-order valence-corrected chi connectivity index (χ0v) is 24.3. The smallest absolute Gasteiger partial charge is 0.335 e. The Bertz CT molecular complexity index is 1380. The molecule has 1 heterocycles. The highest BCUT2D eigenvalue weighted by atomic mass is 16.5. The topological polar surface area (TPSA) is 119 Å². The maximum absolute atomic E-state index is 13.5. The van der Waals surface area contributed by atoms with Crippen LogP contribution in [0.4, 0.5) is 5.69 Å². The maximum Gasteiger partial charge on any atom is 0.335 e. The van der Waals surface area contributed by atoms with E-state index < -0.39 is 5.97 Å². The Morgan fingerprint density at radius 2 is 1.79 bits per heavy atom. The molecule has 0 saturated carbocycles. The molecule has 9 nitrogen and oxygen atoms in total. The molecule has 0 bridgehead atoms. The van der Waals surface area contributed by atoms with Gasteiger partial charge in [0.25, 0.3) is 0 Å². The van der Waals surface area contributed by atoms with Crippen LogP contribution in [0, 0.1) is 5.92 Å². The first-order valence-corrected chi connectivity index (χ1v) is 14.2. The van der Waals surface area contributed by atoms with Gasteiger partial charge in [-0.3, -0.25) is 14.5 Å². The first kappa shape index (κ1) is 30.7. The molecule has 0 aliphatic carbocycles. The van der Waals surface area contributed by atoms with Crippen LogP contribution in [0.2, 0.25) is 0 Å². The highest BCUT2D eigenvalue weighted by Crippen LogP contribution is 2.29. The third kappa shape index (κ3) is 8.18. The van der Waals surface area contributed by atoms with E-state index in [1.54, 1.807) is 47.4 Å². The molecule has 9 heteroatoms. The molecule has 1 aliphatic rings. The van der Waals surface area contributed by atoms with Gasteiger partial charge in [0.05, 0.1) is 31.1 Å². The molecule has 3 atom stereocenters. The van der Waals surface area contributed by atoms with Crippen LogP contribution >= 0.6 is 0 Å². The van der Waals surface area contributed by atoms with E-state index in [2.05, 4.69) is 10.2 Å². The molecule has 0 aromatic heterocycles. The largest absolute Gasteiger partial charge is 0.488 e. The SMILES string of the molecule is C[C@H](CO)N1C[C@H](C)[C@@H](CN(C)Cc2ccc(C(=O)O)cc2)Oc2ccc(NC(=O)Cc3ccccc3)cc2CC1=O. The number of carbonyl (C=O) groups excluding carboxylic acids is 2. The van der Waals surface area contributed by atoms with Crippen LogP contribution in [-0.4, -0.2) is 76.7 Å². The second kappa shape index (κ2) is 14.1. The normalized spacial score (nSPS) is 17.8. The Balaban J connectivity index is 1.55. The Morgan fingerprint density at radius 1 is 1.07 bits per heavy atom. The average Bonchev–Trinajstić information content (AvgIpc) is 3.00. The van der Waals surface area contributed by atoms with E-state index in [-0.39, 0.29) is 54.9 Å². The number of anilines is 1. The first-order valence-electron chi connectivity index (χ1n) is 14.2. The summed E-state index contributed by atoms with van der Waals surface area (Å²) in [4.78, 5) is 41.2. The van der Waals surface area contributed by atoms with Crippen LogP contribution in [0.15, 0.2) is 72.8 Å². The van der Waals surface area contributed by atoms with Crippen LogP contribution in [0.5, 0.6) is 5.75 Å². The van der Waals surface area contributed by atoms with E-state index in [4.69, 9.17) is 4.74 Å². The zero-order valence-electron chi connectivity index (χ0n) is 24.3. The molecule has 0 fully saturated rings. The molecule has 0 saturated heterocycles. The summed E-state index contributed by atoms with van der Waals surface area (Å²) in [6, 6.07) is 21.3. The molecule has 1 aliphatic heterocycles. The summed E-state index contributed by atoms with van der Waals surface area (Å²) < 4.78 is 6.58. The van der Waals surface area contributed by atoms with Gasteiger partial charge in [-0.2, -0.15) is 0 Å². The first-order chi connectivity index (χ1) is 20.1. The Morgan fingerprint density at radius 3 is 2.45 bits per heavy atom. The monoisotopic (exact) mass is 573 g/mol. The molecular formula is C33H39N3O6. The standard InChI is InChI=1S/C33H39N3O6/c1-22-18-36(23(2)21-37)32(39)17-27-16-28(34-31(38)15-24-7-5-4-6-8-24)13-14-29(27)42-30(22)20-35(3)19-25-9-11-26(12-10-25)33(40)41/h4-14,16,22-23,30,37H,15,17-21H2,1-3H3,(H,34,38)(H,40,41)/t22-,23+,30+/m0/s1. The summed E-state index contributed by atoms with van der Waals surface area (Å²) in [5.74, 6) is -0.712. The molecule has 42 heavy (non-hydrogen) atoms. The molecule has 0 unspecified atom stereocenters. The number of aliphatic hydroxyl groups is 1. The summed E-state index contributed by atoms with van der Waals surface area (Å²) in [7, 11) is 1.97. The van der Waals surface area contributed by atoms with Crippen molar-refractivity contribution in [2.45, 2.75) is 45.4 Å². The molecule has 3 aromatic rings. The van der Waals surface area contributed by atoms with Gasteiger partial charge >= 0.3 is 5.97 Å². The van der Waals surface area contributed by atoms with E-state index in [0.29, 0.717) is 36.6 Å². The van der Waals surface area contributed by atoms with Crippen molar-refractivity contribution in [1.82, 2.24) is 9.80 Å². The second-order valence-corrected chi connectivity index (χ2v) is 11.1. The fraction of sp³-hybridized carbons (Fsp3) is 0.364. The number of nitrogens with zero attached hydrogens (tertiary/aromatic N) is 2. The number of carbonyl (C=O) groups is 3. The van der Waals surface area contributed by atoms with Crippen molar-refractivity contribution in [3.05, 3.63) is 95.1 Å². The van der Waals surface area contributed by atoms with Crippen molar-refractivity contribution in [3.63, 3.8) is 0 Å². The molecule has 3 aromatic carbocycles. The van der Waals surface area contributed by atoms with E-state index >= 15 is 0 Å². The van der Waals surface area contributed by atoms with Crippen LogP contribution in [0.1, 0.15) is 40.9 Å². The van der Waals surface area contributed by atoms with Crippen LogP contribution in [0.3, 0.4) is 0 Å². The second-order valence-electron chi connectivity index (χ2n) is 11.1. The fourth-order valence-electron chi connectivity index (χ4n) is 5.15. The number of aromatic carboxylic acids is 1.